The summed E-state index contributed by atoms with van der Waals surface area (Å²) in [7, 11) is 0. The average molecular weight is 330 g/mol. The van der Waals surface area contributed by atoms with Crippen LogP contribution < -0.4 is 0 Å². The number of hydrogen-bond donors (Lipinski definition) is 1. The van der Waals surface area contributed by atoms with Crippen LogP contribution in [-0.2, 0) is 0 Å². The molecule has 24 heavy (non-hydrogen) atoms. The van der Waals surface area contributed by atoms with Crippen molar-refractivity contribution in [2.45, 2.75) is 38.8 Å². The fourth-order valence-electron chi connectivity index (χ4n) is 3.14. The summed E-state index contributed by atoms with van der Waals surface area (Å²) in [6.45, 7) is 5.25. The van der Waals surface area contributed by atoms with Crippen LogP contribution in [0.3, 0.4) is 0 Å². The number of likely N-dealkylation sites (tertiary alicyclic amines) is 1. The standard InChI is InChI=1S/C17H22N4O3/c1-12(2)21-11-7-14(18-21)16(22)19-9-5-13(6-10-19)20-8-3-4-15(20)17(23)24/h3-4,7-8,11-13H,5-6,9-10H2,1-2H3,(H,23,24). The number of hydrogen-bond acceptors (Lipinski definition) is 3. The Hall–Kier alpha value is -2.57. The van der Waals surface area contributed by atoms with Crippen molar-refractivity contribution in [1.29, 1.82) is 0 Å². The molecule has 7 heteroatoms. The van der Waals surface area contributed by atoms with Crippen LogP contribution in [-0.4, -0.2) is 49.3 Å². The number of carboxylic acids is 1. The Labute approximate surface area is 140 Å². The monoisotopic (exact) mass is 330 g/mol. The average Bonchev–Trinajstić information content (AvgIpc) is 3.23. The zero-order valence-corrected chi connectivity index (χ0v) is 13.9. The number of amides is 1. The van der Waals surface area contributed by atoms with Gasteiger partial charge in [-0.3, -0.25) is 9.48 Å². The number of carbonyl (C=O) groups excluding carboxylic acids is 1. The van der Waals surface area contributed by atoms with E-state index in [0.717, 1.165) is 12.8 Å². The van der Waals surface area contributed by atoms with E-state index in [9.17, 15) is 14.7 Å². The molecule has 0 bridgehead atoms. The Kier molecular flexibility index (Phi) is 4.42. The number of piperidine rings is 1. The van der Waals surface area contributed by atoms with Crippen molar-refractivity contribution >= 4 is 11.9 Å². The van der Waals surface area contributed by atoms with Crippen molar-refractivity contribution in [3.05, 3.63) is 42.0 Å². The van der Waals surface area contributed by atoms with Gasteiger partial charge in [0.15, 0.2) is 0 Å². The predicted octanol–water partition coefficient (Wildman–Crippen LogP) is 2.44. The van der Waals surface area contributed by atoms with Crippen LogP contribution in [0.15, 0.2) is 30.6 Å². The van der Waals surface area contributed by atoms with Crippen LogP contribution in [0.1, 0.15) is 59.7 Å². The van der Waals surface area contributed by atoms with Gasteiger partial charge in [0.2, 0.25) is 0 Å². The summed E-state index contributed by atoms with van der Waals surface area (Å²) in [5.41, 5.74) is 0.768. The number of aromatic nitrogens is 3. The van der Waals surface area contributed by atoms with E-state index in [0.29, 0.717) is 24.5 Å². The first kappa shape index (κ1) is 16.3. The maximum Gasteiger partial charge on any atom is 0.352 e. The van der Waals surface area contributed by atoms with Gasteiger partial charge >= 0.3 is 5.97 Å². The molecule has 0 unspecified atom stereocenters. The summed E-state index contributed by atoms with van der Waals surface area (Å²) in [5.74, 6) is -0.975. The highest BCUT2D eigenvalue weighted by Gasteiger charge is 2.27. The van der Waals surface area contributed by atoms with E-state index in [1.54, 1.807) is 38.5 Å². The lowest BCUT2D eigenvalue weighted by Gasteiger charge is -2.32. The van der Waals surface area contributed by atoms with Crippen molar-refractivity contribution in [3.8, 4) is 0 Å². The molecule has 0 aromatic carbocycles. The van der Waals surface area contributed by atoms with Crippen LogP contribution in [0.25, 0.3) is 0 Å². The normalized spacial score (nSPS) is 15.9. The molecule has 0 spiro atoms. The number of carbonyl (C=O) groups is 2. The summed E-state index contributed by atoms with van der Waals surface area (Å²) >= 11 is 0. The maximum atomic E-state index is 12.6. The molecule has 1 aliphatic rings. The second-order valence-corrected chi connectivity index (χ2v) is 6.40. The highest BCUT2D eigenvalue weighted by molar-refractivity contribution is 5.92. The number of aromatic carboxylic acids is 1. The van der Waals surface area contributed by atoms with E-state index >= 15 is 0 Å². The van der Waals surface area contributed by atoms with E-state index < -0.39 is 5.97 Å². The van der Waals surface area contributed by atoms with Gasteiger partial charge in [-0.15, -0.1) is 0 Å². The van der Waals surface area contributed by atoms with Crippen LogP contribution >= 0.6 is 0 Å². The first-order valence-electron chi connectivity index (χ1n) is 8.22. The van der Waals surface area contributed by atoms with Crippen molar-refractivity contribution in [2.24, 2.45) is 0 Å². The van der Waals surface area contributed by atoms with Crippen molar-refractivity contribution in [3.63, 3.8) is 0 Å². The minimum Gasteiger partial charge on any atom is -0.477 e. The highest BCUT2D eigenvalue weighted by atomic mass is 16.4. The largest absolute Gasteiger partial charge is 0.477 e. The van der Waals surface area contributed by atoms with Crippen LogP contribution in [0.4, 0.5) is 0 Å². The molecule has 3 rings (SSSR count). The Morgan fingerprint density at radius 2 is 1.92 bits per heavy atom. The molecule has 0 atom stereocenters. The first-order chi connectivity index (χ1) is 11.5. The molecule has 2 aromatic heterocycles. The van der Waals surface area contributed by atoms with Crippen LogP contribution in [0.5, 0.6) is 0 Å². The summed E-state index contributed by atoms with van der Waals surface area (Å²) in [6, 6.07) is 5.45. The zero-order valence-electron chi connectivity index (χ0n) is 13.9. The van der Waals surface area contributed by atoms with E-state index in [4.69, 9.17) is 0 Å². The molecule has 0 aliphatic carbocycles. The van der Waals surface area contributed by atoms with Gasteiger partial charge in [0.25, 0.3) is 5.91 Å². The maximum absolute atomic E-state index is 12.6. The lowest BCUT2D eigenvalue weighted by atomic mass is 10.0. The number of carboxylic acid groups (broad SMARTS) is 1. The van der Waals surface area contributed by atoms with Crippen LogP contribution in [0, 0.1) is 0 Å². The smallest absolute Gasteiger partial charge is 0.352 e. The van der Waals surface area contributed by atoms with E-state index in [2.05, 4.69) is 5.10 Å². The minimum atomic E-state index is -0.919. The summed E-state index contributed by atoms with van der Waals surface area (Å²) in [5, 5.41) is 13.6. The molecule has 1 saturated heterocycles. The zero-order chi connectivity index (χ0) is 17.3. The van der Waals surface area contributed by atoms with Gasteiger partial charge in [-0.2, -0.15) is 5.10 Å². The quantitative estimate of drug-likeness (QED) is 0.933. The second-order valence-electron chi connectivity index (χ2n) is 6.40. The fraction of sp³-hybridized carbons (Fsp3) is 0.471. The van der Waals surface area contributed by atoms with Gasteiger partial charge in [-0.05, 0) is 44.9 Å². The fourth-order valence-corrected chi connectivity index (χ4v) is 3.14. The summed E-state index contributed by atoms with van der Waals surface area (Å²) < 4.78 is 3.58. The molecule has 2 aromatic rings. The third-order valence-corrected chi connectivity index (χ3v) is 4.50. The van der Waals surface area contributed by atoms with Crippen LogP contribution in [0.2, 0.25) is 0 Å². The number of nitrogens with zero attached hydrogens (tertiary/aromatic N) is 4. The van der Waals surface area contributed by atoms with E-state index in [-0.39, 0.29) is 18.0 Å². The Morgan fingerprint density at radius 1 is 1.21 bits per heavy atom. The lowest BCUT2D eigenvalue weighted by Crippen LogP contribution is -2.39. The second kappa shape index (κ2) is 6.51. The van der Waals surface area contributed by atoms with Gasteiger partial charge in [-0.1, -0.05) is 0 Å². The van der Waals surface area contributed by atoms with Crippen molar-refractivity contribution < 1.29 is 14.7 Å². The third kappa shape index (κ3) is 3.06. The van der Waals surface area contributed by atoms with Crippen molar-refractivity contribution in [2.75, 3.05) is 13.1 Å². The van der Waals surface area contributed by atoms with E-state index in [1.165, 1.54) is 0 Å². The predicted molar refractivity (Wildman–Crippen MR) is 88.2 cm³/mol. The lowest BCUT2D eigenvalue weighted by molar-refractivity contribution is 0.0647. The molecule has 128 valence electrons. The molecule has 1 fully saturated rings. The van der Waals surface area contributed by atoms with Gasteiger partial charge in [0, 0.05) is 37.6 Å². The Morgan fingerprint density at radius 3 is 2.50 bits per heavy atom. The third-order valence-electron chi connectivity index (χ3n) is 4.50. The van der Waals surface area contributed by atoms with Crippen molar-refractivity contribution in [1.82, 2.24) is 19.2 Å². The Balaban J connectivity index is 1.65. The topological polar surface area (TPSA) is 80.4 Å². The molecule has 1 N–H and O–H groups in total. The molecular weight excluding hydrogens is 308 g/mol. The Bertz CT molecular complexity index is 739. The molecular formula is C17H22N4O3. The molecule has 1 aliphatic heterocycles. The van der Waals surface area contributed by atoms with Gasteiger partial charge in [-0.25, -0.2) is 4.79 Å². The van der Waals surface area contributed by atoms with E-state index in [1.807, 2.05) is 20.0 Å². The highest BCUT2D eigenvalue weighted by Crippen LogP contribution is 2.25. The molecule has 7 nitrogen and oxygen atoms in total. The molecule has 3 heterocycles. The first-order valence-corrected chi connectivity index (χ1v) is 8.22. The summed E-state index contributed by atoms with van der Waals surface area (Å²) in [6.07, 6.45) is 5.11. The van der Waals surface area contributed by atoms with Gasteiger partial charge in [0.1, 0.15) is 11.4 Å². The molecule has 0 saturated carbocycles. The number of rotatable bonds is 4. The molecule has 0 radical (unpaired) electrons. The minimum absolute atomic E-state index is 0.0567. The summed E-state index contributed by atoms with van der Waals surface area (Å²) in [4.78, 5) is 25.6. The molecule has 1 amide bonds. The SMILES string of the molecule is CC(C)n1ccc(C(=O)N2CCC(n3cccc3C(=O)O)CC2)n1. The van der Waals surface area contributed by atoms with Gasteiger partial charge < -0.3 is 14.6 Å². The van der Waals surface area contributed by atoms with Gasteiger partial charge in [0.05, 0.1) is 0 Å².